The van der Waals surface area contributed by atoms with E-state index in [1.165, 1.54) is 18.6 Å². The van der Waals surface area contributed by atoms with Crippen molar-refractivity contribution in [3.8, 4) is 0 Å². The zero-order valence-electron chi connectivity index (χ0n) is 6.52. The summed E-state index contributed by atoms with van der Waals surface area (Å²) in [6.45, 7) is 0. The Morgan fingerprint density at radius 2 is 2.31 bits per heavy atom. The summed E-state index contributed by atoms with van der Waals surface area (Å²) in [5, 5.41) is 0.643. The quantitative estimate of drug-likeness (QED) is 0.625. The second-order valence-electron chi connectivity index (χ2n) is 2.50. The van der Waals surface area contributed by atoms with Gasteiger partial charge in [-0.1, -0.05) is 0 Å². The number of aromatic nitrogens is 3. The fraction of sp³-hybridized carbons (Fsp3) is 0. The van der Waals surface area contributed by atoms with Gasteiger partial charge in [-0.25, -0.2) is 9.97 Å². The van der Waals surface area contributed by atoms with Crippen molar-refractivity contribution in [1.82, 2.24) is 15.0 Å². The summed E-state index contributed by atoms with van der Waals surface area (Å²) in [6.07, 6.45) is 3.37. The van der Waals surface area contributed by atoms with Gasteiger partial charge >= 0.3 is 0 Å². The summed E-state index contributed by atoms with van der Waals surface area (Å²) in [6, 6.07) is 1.46. The highest BCUT2D eigenvalue weighted by molar-refractivity contribution is 5.82. The lowest BCUT2D eigenvalue weighted by atomic mass is 10.2. The number of hydrogen-bond donors (Lipinski definition) is 1. The van der Waals surface area contributed by atoms with Crippen molar-refractivity contribution in [2.45, 2.75) is 0 Å². The maximum absolute atomic E-state index is 11.1. The predicted molar refractivity (Wildman–Crippen MR) is 45.5 cm³/mol. The van der Waals surface area contributed by atoms with Gasteiger partial charge in [-0.15, -0.1) is 0 Å². The van der Waals surface area contributed by atoms with Gasteiger partial charge in [0.05, 0.1) is 5.56 Å². The zero-order valence-corrected chi connectivity index (χ0v) is 6.52. The summed E-state index contributed by atoms with van der Waals surface area (Å²) < 4.78 is 0. The van der Waals surface area contributed by atoms with E-state index >= 15 is 0 Å². The molecule has 2 rings (SSSR count). The minimum atomic E-state index is -0.429. The maximum Gasteiger partial charge on any atom is 0.260 e. The molecule has 0 radical (unpaired) electrons. The first-order chi connectivity index (χ1) is 6.31. The molecule has 0 aliphatic heterocycles. The monoisotopic (exact) mass is 175 g/mol. The Kier molecular flexibility index (Phi) is 1.63. The summed E-state index contributed by atoms with van der Waals surface area (Å²) in [5.41, 5.74) is 0.0918. The van der Waals surface area contributed by atoms with Gasteiger partial charge in [0.15, 0.2) is 6.29 Å². The van der Waals surface area contributed by atoms with Crippen molar-refractivity contribution in [1.29, 1.82) is 0 Å². The van der Waals surface area contributed by atoms with E-state index in [-0.39, 0.29) is 5.56 Å². The normalized spacial score (nSPS) is 10.2. The molecule has 0 unspecified atom stereocenters. The Balaban J connectivity index is 2.89. The van der Waals surface area contributed by atoms with Gasteiger partial charge in [0.2, 0.25) is 0 Å². The molecule has 13 heavy (non-hydrogen) atoms. The van der Waals surface area contributed by atoms with Crippen LogP contribution in [0.1, 0.15) is 10.4 Å². The number of fused-ring (bicyclic) bond motifs is 1. The Hall–Kier alpha value is -2.04. The number of carbonyl (C=O) groups excluding carboxylic acids is 1. The smallest absolute Gasteiger partial charge is 0.260 e. The Morgan fingerprint density at radius 1 is 1.46 bits per heavy atom. The topological polar surface area (TPSA) is 75.7 Å². The van der Waals surface area contributed by atoms with Gasteiger partial charge in [0, 0.05) is 11.6 Å². The molecule has 0 aliphatic rings. The SMILES string of the molecule is O=Cc1cc2cncnc2[nH]c1=O. The molecule has 1 N–H and O–H groups in total. The molecule has 0 saturated heterocycles. The fourth-order valence-electron chi connectivity index (χ4n) is 1.05. The molecule has 5 nitrogen and oxygen atoms in total. The number of rotatable bonds is 1. The molecule has 0 atom stereocenters. The average molecular weight is 175 g/mol. The average Bonchev–Trinajstić information content (AvgIpc) is 2.17. The molecule has 2 heterocycles. The van der Waals surface area contributed by atoms with E-state index in [0.717, 1.165) is 0 Å². The second-order valence-corrected chi connectivity index (χ2v) is 2.50. The highest BCUT2D eigenvalue weighted by atomic mass is 16.1. The lowest BCUT2D eigenvalue weighted by Crippen LogP contribution is -2.11. The van der Waals surface area contributed by atoms with Crippen LogP contribution in [0.15, 0.2) is 23.4 Å². The Morgan fingerprint density at radius 3 is 3.08 bits per heavy atom. The van der Waals surface area contributed by atoms with Crippen LogP contribution in [0.2, 0.25) is 0 Å². The number of carbonyl (C=O) groups is 1. The van der Waals surface area contributed by atoms with Crippen molar-refractivity contribution < 1.29 is 4.79 Å². The molecule has 0 fully saturated rings. The van der Waals surface area contributed by atoms with Crippen molar-refractivity contribution in [3.63, 3.8) is 0 Å². The molecule has 0 aliphatic carbocycles. The predicted octanol–water partition coefficient (Wildman–Crippen LogP) is 0.131. The third-order valence-electron chi connectivity index (χ3n) is 1.67. The number of hydrogen-bond acceptors (Lipinski definition) is 4. The van der Waals surface area contributed by atoms with E-state index in [9.17, 15) is 9.59 Å². The number of nitrogens with one attached hydrogen (secondary N) is 1. The summed E-state index contributed by atoms with van der Waals surface area (Å²) in [7, 11) is 0. The van der Waals surface area contributed by atoms with Crippen molar-refractivity contribution in [2.75, 3.05) is 0 Å². The van der Waals surface area contributed by atoms with E-state index in [4.69, 9.17) is 0 Å². The molecular formula is C8H5N3O2. The molecule has 0 bridgehead atoms. The standard InChI is InChI=1S/C8H5N3O2/c12-3-6-1-5-2-9-4-10-7(5)11-8(6)13/h1-4H,(H,9,10,11,13). The van der Waals surface area contributed by atoms with Crippen LogP contribution < -0.4 is 5.56 Å². The molecule has 0 saturated carbocycles. The third-order valence-corrected chi connectivity index (χ3v) is 1.67. The lowest BCUT2D eigenvalue weighted by molar-refractivity contribution is 0.112. The van der Waals surface area contributed by atoms with Crippen LogP contribution in [0, 0.1) is 0 Å². The second kappa shape index (κ2) is 2.78. The molecule has 0 aromatic carbocycles. The van der Waals surface area contributed by atoms with Crippen molar-refractivity contribution in [2.24, 2.45) is 0 Å². The van der Waals surface area contributed by atoms with E-state index in [0.29, 0.717) is 17.3 Å². The van der Waals surface area contributed by atoms with Crippen molar-refractivity contribution in [3.05, 3.63) is 34.5 Å². The fourth-order valence-corrected chi connectivity index (χ4v) is 1.05. The van der Waals surface area contributed by atoms with Crippen molar-refractivity contribution >= 4 is 17.3 Å². The van der Waals surface area contributed by atoms with Gasteiger partial charge < -0.3 is 4.98 Å². The highest BCUT2D eigenvalue weighted by Crippen LogP contribution is 2.03. The minimum Gasteiger partial charge on any atom is -0.306 e. The van der Waals surface area contributed by atoms with E-state index in [1.807, 2.05) is 0 Å². The number of nitrogens with zero attached hydrogens (tertiary/aromatic N) is 2. The van der Waals surface area contributed by atoms with Gasteiger partial charge in [0.1, 0.15) is 12.0 Å². The van der Waals surface area contributed by atoms with Crippen LogP contribution in [-0.4, -0.2) is 21.2 Å². The van der Waals surface area contributed by atoms with Crippen LogP contribution in [0.3, 0.4) is 0 Å². The number of aromatic amines is 1. The molecule has 64 valence electrons. The molecule has 5 heteroatoms. The third kappa shape index (κ3) is 1.20. The van der Waals surface area contributed by atoms with E-state index < -0.39 is 5.56 Å². The Labute approximate surface area is 72.5 Å². The first-order valence-corrected chi connectivity index (χ1v) is 3.59. The van der Waals surface area contributed by atoms with Crippen LogP contribution >= 0.6 is 0 Å². The van der Waals surface area contributed by atoms with Gasteiger partial charge in [-0.3, -0.25) is 9.59 Å². The van der Waals surface area contributed by atoms with Gasteiger partial charge in [0.25, 0.3) is 5.56 Å². The maximum atomic E-state index is 11.1. The minimum absolute atomic E-state index is 0.0855. The highest BCUT2D eigenvalue weighted by Gasteiger charge is 2.00. The number of H-pyrrole nitrogens is 1. The Bertz CT molecular complexity index is 518. The van der Waals surface area contributed by atoms with Crippen LogP contribution in [-0.2, 0) is 0 Å². The molecular weight excluding hydrogens is 170 g/mol. The van der Waals surface area contributed by atoms with Gasteiger partial charge in [-0.05, 0) is 6.07 Å². The van der Waals surface area contributed by atoms with E-state index in [1.54, 1.807) is 0 Å². The summed E-state index contributed by atoms with van der Waals surface area (Å²) >= 11 is 0. The molecule has 2 aromatic heterocycles. The van der Waals surface area contributed by atoms with Gasteiger partial charge in [-0.2, -0.15) is 0 Å². The number of pyridine rings is 1. The molecule has 0 spiro atoms. The first-order valence-electron chi connectivity index (χ1n) is 3.59. The summed E-state index contributed by atoms with van der Waals surface area (Å²) in [4.78, 5) is 31.6. The molecule has 2 aromatic rings. The largest absolute Gasteiger partial charge is 0.306 e. The first kappa shape index (κ1) is 7.60. The zero-order chi connectivity index (χ0) is 9.26. The van der Waals surface area contributed by atoms with Crippen LogP contribution in [0.4, 0.5) is 0 Å². The lowest BCUT2D eigenvalue weighted by Gasteiger charge is -1.94. The summed E-state index contributed by atoms with van der Waals surface area (Å²) in [5.74, 6) is 0. The van der Waals surface area contributed by atoms with Crippen LogP contribution in [0.25, 0.3) is 11.0 Å². The molecule has 0 amide bonds. The van der Waals surface area contributed by atoms with E-state index in [2.05, 4.69) is 15.0 Å². The van der Waals surface area contributed by atoms with Crippen LogP contribution in [0.5, 0.6) is 0 Å². The number of aldehydes is 1.